The minimum absolute atomic E-state index is 0.170. The molecule has 0 saturated heterocycles. The highest BCUT2D eigenvalue weighted by atomic mass is 32.2. The molecule has 10 heteroatoms. The molecule has 0 aliphatic heterocycles. The summed E-state index contributed by atoms with van der Waals surface area (Å²) in [5.41, 5.74) is -0.138. The molecule has 9 nitrogen and oxygen atoms in total. The van der Waals surface area contributed by atoms with Crippen LogP contribution in [-0.4, -0.2) is 50.0 Å². The van der Waals surface area contributed by atoms with Crippen molar-refractivity contribution < 1.29 is 32.3 Å². The van der Waals surface area contributed by atoms with Gasteiger partial charge in [0.1, 0.15) is 17.1 Å². The lowest BCUT2D eigenvalue weighted by molar-refractivity contribution is 0.0531. The first-order valence-electron chi connectivity index (χ1n) is 9.78. The van der Waals surface area contributed by atoms with E-state index in [0.717, 1.165) is 0 Å². The van der Waals surface area contributed by atoms with Gasteiger partial charge in [0.05, 0.1) is 5.75 Å². The number of para-hydroxylation sites is 1. The highest BCUT2D eigenvalue weighted by Crippen LogP contribution is 2.14. The lowest BCUT2D eigenvalue weighted by Gasteiger charge is -2.19. The van der Waals surface area contributed by atoms with Gasteiger partial charge in [-0.25, -0.2) is 18.0 Å². The standard InChI is InChI=1S/C22H26N2O7S/c1-22(2,3)31-20(26)23-13-14-32(28,29)15-19(25)16-9-11-17(12-10-16)24-21(27)30-18-7-5-4-6-8-18/h4-12H,13-15H2,1-3H3,(H,23,26)(H,24,27). The Kier molecular flexibility index (Phi) is 8.36. The van der Waals surface area contributed by atoms with Crippen LogP contribution in [-0.2, 0) is 14.6 Å². The smallest absolute Gasteiger partial charge is 0.417 e. The van der Waals surface area contributed by atoms with E-state index in [1.165, 1.54) is 24.3 Å². The van der Waals surface area contributed by atoms with Crippen molar-refractivity contribution in [1.82, 2.24) is 5.32 Å². The molecule has 0 spiro atoms. The molecule has 0 unspecified atom stereocenters. The molecule has 0 saturated carbocycles. The van der Waals surface area contributed by atoms with Crippen LogP contribution in [0.5, 0.6) is 5.75 Å². The molecule has 2 N–H and O–H groups in total. The predicted octanol–water partition coefficient (Wildman–Crippen LogP) is 3.42. The second-order valence-corrected chi connectivity index (χ2v) is 10.0. The normalized spacial score (nSPS) is 11.3. The Morgan fingerprint density at radius 1 is 0.906 bits per heavy atom. The SMILES string of the molecule is CC(C)(C)OC(=O)NCCS(=O)(=O)CC(=O)c1ccc(NC(=O)Oc2ccccc2)cc1. The van der Waals surface area contributed by atoms with E-state index < -0.39 is 44.9 Å². The molecule has 0 radical (unpaired) electrons. The first kappa shape index (κ1) is 24.9. The minimum atomic E-state index is -3.74. The Morgan fingerprint density at radius 3 is 2.12 bits per heavy atom. The Balaban J connectivity index is 1.83. The number of carbonyl (C=O) groups is 3. The van der Waals surface area contributed by atoms with Crippen LogP contribution in [0.3, 0.4) is 0 Å². The first-order valence-corrected chi connectivity index (χ1v) is 11.6. The van der Waals surface area contributed by atoms with Gasteiger partial charge in [0, 0.05) is 17.8 Å². The van der Waals surface area contributed by atoms with Crippen molar-refractivity contribution in [1.29, 1.82) is 0 Å². The molecule has 0 atom stereocenters. The summed E-state index contributed by atoms with van der Waals surface area (Å²) < 4.78 is 34.5. The summed E-state index contributed by atoms with van der Waals surface area (Å²) in [5.74, 6) is -1.32. The number of rotatable bonds is 8. The van der Waals surface area contributed by atoms with Gasteiger partial charge in [-0.05, 0) is 57.2 Å². The molecule has 0 fully saturated rings. The van der Waals surface area contributed by atoms with Crippen LogP contribution in [0.15, 0.2) is 54.6 Å². The van der Waals surface area contributed by atoms with Gasteiger partial charge in [-0.1, -0.05) is 18.2 Å². The van der Waals surface area contributed by atoms with E-state index >= 15 is 0 Å². The van der Waals surface area contributed by atoms with Gasteiger partial charge in [-0.3, -0.25) is 10.1 Å². The number of benzene rings is 2. The third-order valence-electron chi connectivity index (χ3n) is 3.84. The zero-order valence-corrected chi connectivity index (χ0v) is 18.9. The van der Waals surface area contributed by atoms with Crippen LogP contribution in [0, 0.1) is 0 Å². The van der Waals surface area contributed by atoms with Crippen molar-refractivity contribution in [2.24, 2.45) is 0 Å². The zero-order chi connectivity index (χ0) is 23.8. The quantitative estimate of drug-likeness (QED) is 0.575. The van der Waals surface area contributed by atoms with E-state index in [2.05, 4.69) is 10.6 Å². The molecule has 2 aromatic carbocycles. The molecule has 0 aromatic heterocycles. The number of carbonyl (C=O) groups excluding carboxylic acids is 3. The molecular weight excluding hydrogens is 436 g/mol. The number of anilines is 1. The number of ketones is 1. The maximum atomic E-state index is 12.3. The van der Waals surface area contributed by atoms with Gasteiger partial charge in [0.15, 0.2) is 15.6 Å². The molecule has 2 rings (SSSR count). The maximum Gasteiger partial charge on any atom is 0.417 e. The van der Waals surface area contributed by atoms with Crippen LogP contribution in [0.4, 0.5) is 15.3 Å². The van der Waals surface area contributed by atoms with Gasteiger partial charge < -0.3 is 14.8 Å². The number of amides is 2. The second-order valence-electron chi connectivity index (χ2n) is 7.85. The summed E-state index contributed by atoms with van der Waals surface area (Å²) in [5, 5.41) is 4.86. The number of nitrogens with one attached hydrogen (secondary N) is 2. The highest BCUT2D eigenvalue weighted by Gasteiger charge is 2.20. The largest absolute Gasteiger partial charge is 0.444 e. The summed E-state index contributed by atoms with van der Waals surface area (Å²) in [6, 6.07) is 14.3. The molecule has 0 aliphatic rings. The highest BCUT2D eigenvalue weighted by molar-refractivity contribution is 7.92. The average molecular weight is 463 g/mol. The predicted molar refractivity (Wildman–Crippen MR) is 120 cm³/mol. The second kappa shape index (κ2) is 10.8. The Bertz CT molecular complexity index is 1040. The Hall–Kier alpha value is -3.40. The average Bonchev–Trinajstić information content (AvgIpc) is 2.67. The number of ether oxygens (including phenoxy) is 2. The molecule has 2 aromatic rings. The number of Topliss-reactive ketones (excluding diaryl/α,β-unsaturated/α-hetero) is 1. The number of hydrogen-bond acceptors (Lipinski definition) is 7. The lowest BCUT2D eigenvalue weighted by atomic mass is 10.1. The topological polar surface area (TPSA) is 128 Å². The third kappa shape index (κ3) is 9.17. The third-order valence-corrected chi connectivity index (χ3v) is 5.37. The minimum Gasteiger partial charge on any atom is -0.444 e. The monoisotopic (exact) mass is 462 g/mol. The van der Waals surface area contributed by atoms with Crippen LogP contribution in [0.2, 0.25) is 0 Å². The molecule has 172 valence electrons. The van der Waals surface area contributed by atoms with Crippen LogP contribution in [0.25, 0.3) is 0 Å². The molecule has 32 heavy (non-hydrogen) atoms. The van der Waals surface area contributed by atoms with Gasteiger partial charge in [-0.2, -0.15) is 0 Å². The zero-order valence-electron chi connectivity index (χ0n) is 18.1. The van der Waals surface area contributed by atoms with Crippen molar-refractivity contribution in [2.45, 2.75) is 26.4 Å². The summed E-state index contributed by atoms with van der Waals surface area (Å²) >= 11 is 0. The van der Waals surface area contributed by atoms with E-state index in [0.29, 0.717) is 11.4 Å². The van der Waals surface area contributed by atoms with E-state index in [4.69, 9.17) is 9.47 Å². The lowest BCUT2D eigenvalue weighted by Crippen LogP contribution is -2.35. The van der Waals surface area contributed by atoms with E-state index in [-0.39, 0.29) is 12.1 Å². The maximum absolute atomic E-state index is 12.3. The number of alkyl carbamates (subject to hydrolysis) is 1. The number of sulfone groups is 1. The van der Waals surface area contributed by atoms with Crippen molar-refractivity contribution in [3.8, 4) is 5.75 Å². The molecule has 0 heterocycles. The first-order chi connectivity index (χ1) is 14.9. The van der Waals surface area contributed by atoms with Crippen molar-refractivity contribution in [3.63, 3.8) is 0 Å². The van der Waals surface area contributed by atoms with Crippen molar-refractivity contribution in [2.75, 3.05) is 23.4 Å². The van der Waals surface area contributed by atoms with Gasteiger partial charge in [0.25, 0.3) is 0 Å². The number of hydrogen-bond donors (Lipinski definition) is 2. The fraction of sp³-hybridized carbons (Fsp3) is 0.318. The summed E-state index contributed by atoms with van der Waals surface area (Å²) in [6.07, 6.45) is -1.43. The van der Waals surface area contributed by atoms with E-state index in [1.807, 2.05) is 0 Å². The van der Waals surface area contributed by atoms with Crippen molar-refractivity contribution >= 4 is 33.5 Å². The van der Waals surface area contributed by atoms with Crippen LogP contribution in [0.1, 0.15) is 31.1 Å². The van der Waals surface area contributed by atoms with E-state index in [1.54, 1.807) is 51.1 Å². The van der Waals surface area contributed by atoms with Gasteiger partial charge in [0.2, 0.25) is 0 Å². The molecule has 0 aliphatic carbocycles. The Labute approximate surface area is 187 Å². The van der Waals surface area contributed by atoms with Crippen molar-refractivity contribution in [3.05, 3.63) is 60.2 Å². The van der Waals surface area contributed by atoms with Gasteiger partial charge in [-0.15, -0.1) is 0 Å². The molecule has 0 bridgehead atoms. The fourth-order valence-electron chi connectivity index (χ4n) is 2.46. The summed E-state index contributed by atoms with van der Waals surface area (Å²) in [7, 11) is -3.74. The summed E-state index contributed by atoms with van der Waals surface area (Å²) in [6.45, 7) is 4.90. The fourth-order valence-corrected chi connectivity index (χ4v) is 3.58. The van der Waals surface area contributed by atoms with Gasteiger partial charge >= 0.3 is 12.2 Å². The summed E-state index contributed by atoms with van der Waals surface area (Å²) in [4.78, 5) is 35.8. The van der Waals surface area contributed by atoms with Crippen LogP contribution < -0.4 is 15.4 Å². The Morgan fingerprint density at radius 2 is 1.53 bits per heavy atom. The molecular formula is C22H26N2O7S. The van der Waals surface area contributed by atoms with E-state index in [9.17, 15) is 22.8 Å². The molecule has 2 amide bonds. The van der Waals surface area contributed by atoms with Crippen LogP contribution >= 0.6 is 0 Å².